The van der Waals surface area contributed by atoms with E-state index >= 15 is 0 Å². The molecule has 2 unspecified atom stereocenters. The van der Waals surface area contributed by atoms with Crippen LogP contribution in [0.3, 0.4) is 0 Å². The lowest BCUT2D eigenvalue weighted by atomic mass is 9.76. The summed E-state index contributed by atoms with van der Waals surface area (Å²) in [6.45, 7) is 2.63. The Morgan fingerprint density at radius 1 is 1.09 bits per heavy atom. The fourth-order valence-corrected chi connectivity index (χ4v) is 5.03. The fraction of sp³-hybridized carbons (Fsp3) is 0.440. The topological polar surface area (TPSA) is 70.2 Å². The number of carbonyl (C=O) groups excluding carboxylic acids is 2. The third-order valence-corrected chi connectivity index (χ3v) is 6.94. The summed E-state index contributed by atoms with van der Waals surface area (Å²) in [6.07, 6.45) is 8.14. The maximum Gasteiger partial charge on any atom is 0.241 e. The minimum absolute atomic E-state index is 0.0173. The third-order valence-electron chi connectivity index (χ3n) is 6.22. The fourth-order valence-electron chi connectivity index (χ4n) is 4.55. The van der Waals surface area contributed by atoms with Crippen LogP contribution in [0.2, 0.25) is 0 Å². The number of rotatable bonds is 6. The Kier molecular flexibility index (Phi) is 9.56. The van der Waals surface area contributed by atoms with Gasteiger partial charge in [0.2, 0.25) is 12.3 Å². The normalized spacial score (nSPS) is 20.7. The zero-order chi connectivity index (χ0) is 22.8. The molecule has 0 spiro atoms. The molecule has 0 aromatic heterocycles. The number of amides is 2. The highest BCUT2D eigenvalue weighted by Crippen LogP contribution is 2.36. The van der Waals surface area contributed by atoms with Crippen LogP contribution in [0.15, 0.2) is 53.4 Å². The van der Waals surface area contributed by atoms with Gasteiger partial charge in [0, 0.05) is 10.6 Å². The Balaban J connectivity index is 0.000000243. The van der Waals surface area contributed by atoms with E-state index in [4.69, 9.17) is 0 Å². The number of nitrogens with one attached hydrogen (secondary N) is 3. The molecule has 7 heteroatoms. The Morgan fingerprint density at radius 3 is 2.53 bits per heavy atom. The molecule has 32 heavy (non-hydrogen) atoms. The number of anilines is 1. The zero-order valence-corrected chi connectivity index (χ0v) is 19.3. The predicted octanol–water partition coefficient (Wildman–Crippen LogP) is 5.07. The van der Waals surface area contributed by atoms with Crippen LogP contribution in [0.1, 0.15) is 44.1 Å². The van der Waals surface area contributed by atoms with Gasteiger partial charge in [0.25, 0.3) is 0 Å². The molecule has 0 radical (unpaired) electrons. The van der Waals surface area contributed by atoms with E-state index in [1.165, 1.54) is 50.1 Å². The molecule has 2 fully saturated rings. The van der Waals surface area contributed by atoms with Crippen molar-refractivity contribution in [2.45, 2.75) is 56.4 Å². The van der Waals surface area contributed by atoms with Gasteiger partial charge >= 0.3 is 0 Å². The van der Waals surface area contributed by atoms with Gasteiger partial charge in [-0.2, -0.15) is 0 Å². The third kappa shape index (κ3) is 7.07. The maximum absolute atomic E-state index is 13.6. The lowest BCUT2D eigenvalue weighted by Gasteiger charge is -2.30. The van der Waals surface area contributed by atoms with Crippen LogP contribution in [-0.4, -0.2) is 24.9 Å². The summed E-state index contributed by atoms with van der Waals surface area (Å²) in [7, 11) is 0. The molecule has 2 aliphatic rings. The van der Waals surface area contributed by atoms with Crippen molar-refractivity contribution in [3.05, 3.63) is 59.9 Å². The number of aryl methyl sites for hydroxylation is 1. The van der Waals surface area contributed by atoms with Crippen molar-refractivity contribution in [2.24, 2.45) is 11.8 Å². The Morgan fingerprint density at radius 2 is 1.84 bits per heavy atom. The number of carbonyl (C=O) groups is 2. The first-order chi connectivity index (χ1) is 15.6. The highest BCUT2D eigenvalue weighted by atomic mass is 32.2. The van der Waals surface area contributed by atoms with Crippen molar-refractivity contribution in [1.82, 2.24) is 10.0 Å². The van der Waals surface area contributed by atoms with Crippen LogP contribution in [0.5, 0.6) is 0 Å². The molecule has 2 aromatic carbocycles. The Hall–Kier alpha value is -2.38. The average molecular weight is 458 g/mol. The summed E-state index contributed by atoms with van der Waals surface area (Å²) in [5, 5.41) is 6.22. The van der Waals surface area contributed by atoms with E-state index in [9.17, 15) is 14.0 Å². The number of benzene rings is 2. The van der Waals surface area contributed by atoms with Gasteiger partial charge in [-0.3, -0.25) is 14.3 Å². The predicted molar refractivity (Wildman–Crippen MR) is 128 cm³/mol. The number of hydrogen-bond donors (Lipinski definition) is 3. The second-order valence-corrected chi connectivity index (χ2v) is 9.30. The van der Waals surface area contributed by atoms with Gasteiger partial charge in [-0.05, 0) is 73.5 Å². The lowest BCUT2D eigenvalue weighted by Crippen LogP contribution is -2.42. The summed E-state index contributed by atoms with van der Waals surface area (Å²) in [5.41, 5.74) is 1.14. The molecule has 1 aliphatic heterocycles. The van der Waals surface area contributed by atoms with E-state index < -0.39 is 0 Å². The molecule has 1 aliphatic carbocycles. The highest BCUT2D eigenvalue weighted by Gasteiger charge is 2.38. The molecule has 2 aromatic rings. The molecular weight excluding hydrogens is 425 g/mol. The maximum atomic E-state index is 13.6. The summed E-state index contributed by atoms with van der Waals surface area (Å²) in [4.78, 5) is 23.5. The first-order valence-corrected chi connectivity index (χ1v) is 12.1. The summed E-state index contributed by atoms with van der Waals surface area (Å²) < 4.78 is 16.1. The molecular formula is C25H32FN3O2S. The first kappa shape index (κ1) is 24.3. The van der Waals surface area contributed by atoms with Gasteiger partial charge in [-0.15, -0.1) is 0 Å². The second-order valence-electron chi connectivity index (χ2n) is 8.39. The highest BCUT2D eigenvalue weighted by molar-refractivity contribution is 7.97. The zero-order valence-electron chi connectivity index (χ0n) is 18.5. The van der Waals surface area contributed by atoms with Crippen molar-refractivity contribution in [2.75, 3.05) is 11.9 Å². The first-order valence-electron chi connectivity index (χ1n) is 11.3. The van der Waals surface area contributed by atoms with E-state index in [2.05, 4.69) is 15.4 Å². The van der Waals surface area contributed by atoms with Crippen molar-refractivity contribution in [1.29, 1.82) is 0 Å². The van der Waals surface area contributed by atoms with Gasteiger partial charge < -0.3 is 10.6 Å². The Labute approximate surface area is 194 Å². The van der Waals surface area contributed by atoms with Gasteiger partial charge in [-0.1, -0.05) is 56.4 Å². The molecule has 4 rings (SSSR count). The molecule has 1 heterocycles. The SMILES string of the molecule is Cc1ccc(NC(=O)C2NCCC2C2CCCCC2)cc1F.O=CNSc1ccccc1. The van der Waals surface area contributed by atoms with Crippen molar-refractivity contribution >= 4 is 30.0 Å². The quantitative estimate of drug-likeness (QED) is 0.418. The number of hydrogen-bond acceptors (Lipinski definition) is 4. The van der Waals surface area contributed by atoms with E-state index in [0.29, 0.717) is 29.5 Å². The standard InChI is InChI=1S/C18H25FN2O.C7H7NOS/c1-12-7-8-14(11-16(12)19)21-18(22)17-15(9-10-20-17)13-5-3-2-4-6-13;9-6-8-10-7-4-2-1-3-5-7/h7-8,11,13,15,17,20H,2-6,9-10H2,1H3,(H,21,22);1-6H,(H,8,9). The summed E-state index contributed by atoms with van der Waals surface area (Å²) in [5.74, 6) is 0.794. The molecule has 5 nitrogen and oxygen atoms in total. The largest absolute Gasteiger partial charge is 0.325 e. The average Bonchev–Trinajstić information content (AvgIpc) is 3.32. The molecule has 1 saturated carbocycles. The second kappa shape index (κ2) is 12.6. The number of halogens is 1. The van der Waals surface area contributed by atoms with Gasteiger partial charge in [0.05, 0.1) is 6.04 Å². The van der Waals surface area contributed by atoms with Crippen LogP contribution in [0.4, 0.5) is 10.1 Å². The van der Waals surface area contributed by atoms with E-state index in [1.807, 2.05) is 30.3 Å². The Bertz CT molecular complexity index is 875. The molecule has 2 amide bonds. The van der Waals surface area contributed by atoms with Crippen LogP contribution >= 0.6 is 11.9 Å². The molecule has 0 bridgehead atoms. The van der Waals surface area contributed by atoms with Crippen LogP contribution in [0.25, 0.3) is 0 Å². The van der Waals surface area contributed by atoms with Crippen LogP contribution < -0.4 is 15.4 Å². The van der Waals surface area contributed by atoms with Crippen molar-refractivity contribution in [3.63, 3.8) is 0 Å². The molecule has 3 N–H and O–H groups in total. The van der Waals surface area contributed by atoms with Crippen molar-refractivity contribution < 1.29 is 14.0 Å². The minimum atomic E-state index is -0.277. The summed E-state index contributed by atoms with van der Waals surface area (Å²) >= 11 is 1.30. The van der Waals surface area contributed by atoms with E-state index in [1.54, 1.807) is 19.1 Å². The van der Waals surface area contributed by atoms with Crippen LogP contribution in [-0.2, 0) is 9.59 Å². The summed E-state index contributed by atoms with van der Waals surface area (Å²) in [6, 6.07) is 14.4. The van der Waals surface area contributed by atoms with E-state index in [-0.39, 0.29) is 17.8 Å². The molecule has 1 saturated heterocycles. The molecule has 172 valence electrons. The lowest BCUT2D eigenvalue weighted by molar-refractivity contribution is -0.119. The van der Waals surface area contributed by atoms with Crippen molar-refractivity contribution in [3.8, 4) is 0 Å². The molecule has 2 atom stereocenters. The minimum Gasteiger partial charge on any atom is -0.325 e. The van der Waals surface area contributed by atoms with Gasteiger partial charge in [-0.25, -0.2) is 4.39 Å². The van der Waals surface area contributed by atoms with Gasteiger partial charge in [0.15, 0.2) is 0 Å². The monoisotopic (exact) mass is 457 g/mol. The smallest absolute Gasteiger partial charge is 0.241 e. The van der Waals surface area contributed by atoms with Crippen LogP contribution in [0, 0.1) is 24.6 Å². The van der Waals surface area contributed by atoms with Gasteiger partial charge in [0.1, 0.15) is 5.82 Å². The van der Waals surface area contributed by atoms with E-state index in [0.717, 1.165) is 17.9 Å².